The van der Waals surface area contributed by atoms with Crippen LogP contribution in [0.4, 0.5) is 4.39 Å². The first-order chi connectivity index (χ1) is 13.6. The van der Waals surface area contributed by atoms with Crippen molar-refractivity contribution in [2.24, 2.45) is 4.99 Å². The predicted molar refractivity (Wildman–Crippen MR) is 109 cm³/mol. The summed E-state index contributed by atoms with van der Waals surface area (Å²) in [6.07, 6.45) is 1.76. The summed E-state index contributed by atoms with van der Waals surface area (Å²) in [6, 6.07) is 13.4. The van der Waals surface area contributed by atoms with E-state index >= 15 is 0 Å². The van der Waals surface area contributed by atoms with Gasteiger partial charge in [0.25, 0.3) is 5.91 Å². The number of aromatic hydroxyl groups is 1. The quantitative estimate of drug-likeness (QED) is 0.806. The molecule has 2 aromatic carbocycles. The lowest BCUT2D eigenvalue weighted by molar-refractivity contribution is -0.113. The standard InChI is InChI=1S/C21H20FN3O2S/c22-17-6-4-15(5-7-17)14-24-8-10-25(11-9-24)21-23-20(27)19(28-21)13-16-2-1-3-18(26)12-16/h1-7,12-13,26H,8-11,14H2. The second kappa shape index (κ2) is 8.16. The van der Waals surface area contributed by atoms with Crippen molar-refractivity contribution in [3.8, 4) is 5.75 Å². The molecule has 1 saturated heterocycles. The number of hydrogen-bond acceptors (Lipinski definition) is 5. The fourth-order valence-corrected chi connectivity index (χ4v) is 4.21. The average Bonchev–Trinajstić information content (AvgIpc) is 3.05. The number of phenolic OH excluding ortho intramolecular Hbond substituents is 1. The molecule has 2 heterocycles. The van der Waals surface area contributed by atoms with Gasteiger partial charge in [0.15, 0.2) is 5.17 Å². The third-order valence-electron chi connectivity index (χ3n) is 4.74. The number of benzene rings is 2. The summed E-state index contributed by atoms with van der Waals surface area (Å²) in [4.78, 5) is 21.5. The van der Waals surface area contributed by atoms with E-state index < -0.39 is 0 Å². The molecule has 1 amide bonds. The Balaban J connectivity index is 1.34. The number of carbonyl (C=O) groups excluding carboxylic acids is 1. The lowest BCUT2D eigenvalue weighted by atomic mass is 10.2. The Hall–Kier alpha value is -2.64. The van der Waals surface area contributed by atoms with Gasteiger partial charge in [-0.3, -0.25) is 9.69 Å². The normalized spacial score (nSPS) is 19.3. The van der Waals surface area contributed by atoms with Crippen LogP contribution in [-0.4, -0.2) is 52.2 Å². The van der Waals surface area contributed by atoms with Crippen LogP contribution in [0, 0.1) is 5.82 Å². The highest BCUT2D eigenvalue weighted by Crippen LogP contribution is 2.31. The zero-order chi connectivity index (χ0) is 19.5. The Labute approximate surface area is 167 Å². The molecule has 7 heteroatoms. The Bertz CT molecular complexity index is 935. The highest BCUT2D eigenvalue weighted by Gasteiger charge is 2.28. The maximum Gasteiger partial charge on any atom is 0.286 e. The van der Waals surface area contributed by atoms with Gasteiger partial charge in [-0.25, -0.2) is 4.39 Å². The molecule has 144 valence electrons. The maximum atomic E-state index is 13.0. The van der Waals surface area contributed by atoms with E-state index in [1.807, 2.05) is 18.2 Å². The number of aliphatic imine (C=N–C) groups is 1. The highest BCUT2D eigenvalue weighted by atomic mass is 32.2. The number of carbonyl (C=O) groups is 1. The average molecular weight is 397 g/mol. The van der Waals surface area contributed by atoms with E-state index in [1.54, 1.807) is 24.3 Å². The van der Waals surface area contributed by atoms with E-state index in [4.69, 9.17) is 0 Å². The van der Waals surface area contributed by atoms with Crippen LogP contribution >= 0.6 is 11.8 Å². The van der Waals surface area contributed by atoms with Crippen LogP contribution in [0.3, 0.4) is 0 Å². The van der Waals surface area contributed by atoms with E-state index in [0.29, 0.717) is 4.91 Å². The van der Waals surface area contributed by atoms with Crippen molar-refractivity contribution in [1.82, 2.24) is 9.80 Å². The number of amidine groups is 1. The molecule has 0 atom stereocenters. The molecule has 4 rings (SSSR count). The van der Waals surface area contributed by atoms with Crippen LogP contribution in [0.2, 0.25) is 0 Å². The van der Waals surface area contributed by atoms with Crippen LogP contribution in [0.15, 0.2) is 58.4 Å². The van der Waals surface area contributed by atoms with Crippen molar-refractivity contribution < 1.29 is 14.3 Å². The molecular formula is C21H20FN3O2S. The Morgan fingerprint density at radius 1 is 1.11 bits per heavy atom. The summed E-state index contributed by atoms with van der Waals surface area (Å²) < 4.78 is 13.0. The minimum atomic E-state index is -0.239. The predicted octanol–water partition coefficient (Wildman–Crippen LogP) is 3.32. The topological polar surface area (TPSA) is 56.1 Å². The van der Waals surface area contributed by atoms with Gasteiger partial charge in [0, 0.05) is 32.7 Å². The number of rotatable bonds is 3. The van der Waals surface area contributed by atoms with Gasteiger partial charge in [-0.2, -0.15) is 4.99 Å². The lowest BCUT2D eigenvalue weighted by Crippen LogP contribution is -2.47. The second-order valence-corrected chi connectivity index (χ2v) is 7.80. The molecule has 0 bridgehead atoms. The molecule has 0 radical (unpaired) electrons. The summed E-state index contributed by atoms with van der Waals surface area (Å²) in [5.41, 5.74) is 1.87. The van der Waals surface area contributed by atoms with Gasteiger partial charge < -0.3 is 10.0 Å². The van der Waals surface area contributed by atoms with Crippen molar-refractivity contribution in [2.45, 2.75) is 6.54 Å². The van der Waals surface area contributed by atoms with Crippen molar-refractivity contribution in [3.63, 3.8) is 0 Å². The summed E-state index contributed by atoms with van der Waals surface area (Å²) in [7, 11) is 0. The van der Waals surface area contributed by atoms with Crippen LogP contribution in [-0.2, 0) is 11.3 Å². The Morgan fingerprint density at radius 2 is 1.86 bits per heavy atom. The molecule has 0 saturated carbocycles. The lowest BCUT2D eigenvalue weighted by Gasteiger charge is -2.35. The number of piperazine rings is 1. The molecule has 2 aliphatic heterocycles. The van der Waals surface area contributed by atoms with Gasteiger partial charge >= 0.3 is 0 Å². The summed E-state index contributed by atoms with van der Waals surface area (Å²) in [6.45, 7) is 4.09. The SMILES string of the molecule is O=C1N=C(N2CCN(Cc3ccc(F)cc3)CC2)SC1=Cc1cccc(O)c1. The van der Waals surface area contributed by atoms with E-state index in [9.17, 15) is 14.3 Å². The zero-order valence-electron chi connectivity index (χ0n) is 15.2. The van der Waals surface area contributed by atoms with Crippen LogP contribution in [0.5, 0.6) is 5.75 Å². The zero-order valence-corrected chi connectivity index (χ0v) is 16.0. The van der Waals surface area contributed by atoms with Gasteiger partial charge in [0.2, 0.25) is 0 Å². The van der Waals surface area contributed by atoms with Gasteiger partial charge in [0.1, 0.15) is 11.6 Å². The van der Waals surface area contributed by atoms with Gasteiger partial charge in [-0.15, -0.1) is 0 Å². The molecule has 1 fully saturated rings. The Morgan fingerprint density at radius 3 is 2.57 bits per heavy atom. The number of nitrogens with zero attached hydrogens (tertiary/aromatic N) is 3. The molecule has 0 aliphatic carbocycles. The minimum absolute atomic E-state index is 0.170. The molecule has 28 heavy (non-hydrogen) atoms. The van der Waals surface area contributed by atoms with Gasteiger partial charge in [-0.05, 0) is 53.2 Å². The van der Waals surface area contributed by atoms with Crippen molar-refractivity contribution in [3.05, 3.63) is 70.4 Å². The maximum absolute atomic E-state index is 13.0. The number of hydrogen-bond donors (Lipinski definition) is 1. The van der Waals surface area contributed by atoms with E-state index in [1.165, 1.54) is 23.9 Å². The molecular weight excluding hydrogens is 377 g/mol. The molecule has 2 aromatic rings. The first-order valence-electron chi connectivity index (χ1n) is 9.10. The third kappa shape index (κ3) is 4.43. The fourth-order valence-electron chi connectivity index (χ4n) is 3.24. The number of amides is 1. The fraction of sp³-hybridized carbons (Fsp3) is 0.238. The molecule has 1 N–H and O–H groups in total. The van der Waals surface area contributed by atoms with Crippen molar-refractivity contribution in [1.29, 1.82) is 0 Å². The number of phenols is 1. The van der Waals surface area contributed by atoms with E-state index in [-0.39, 0.29) is 17.5 Å². The summed E-state index contributed by atoms with van der Waals surface area (Å²) in [5, 5.41) is 10.3. The molecule has 0 spiro atoms. The smallest absolute Gasteiger partial charge is 0.286 e. The first kappa shape index (κ1) is 18.7. The molecule has 5 nitrogen and oxygen atoms in total. The number of halogens is 1. The summed E-state index contributed by atoms with van der Waals surface area (Å²) in [5.74, 6) is -0.288. The molecule has 2 aliphatic rings. The van der Waals surface area contributed by atoms with E-state index in [2.05, 4.69) is 14.8 Å². The highest BCUT2D eigenvalue weighted by molar-refractivity contribution is 8.18. The van der Waals surface area contributed by atoms with Crippen LogP contribution in [0.1, 0.15) is 11.1 Å². The van der Waals surface area contributed by atoms with Crippen molar-refractivity contribution in [2.75, 3.05) is 26.2 Å². The molecule has 0 unspecified atom stereocenters. The van der Waals surface area contributed by atoms with Gasteiger partial charge in [-0.1, -0.05) is 24.3 Å². The van der Waals surface area contributed by atoms with Crippen LogP contribution in [0.25, 0.3) is 6.08 Å². The van der Waals surface area contributed by atoms with Crippen molar-refractivity contribution >= 4 is 28.9 Å². The molecule has 0 aromatic heterocycles. The minimum Gasteiger partial charge on any atom is -0.508 e. The largest absolute Gasteiger partial charge is 0.508 e. The van der Waals surface area contributed by atoms with E-state index in [0.717, 1.165) is 49.0 Å². The first-order valence-corrected chi connectivity index (χ1v) is 9.92. The monoisotopic (exact) mass is 397 g/mol. The second-order valence-electron chi connectivity index (χ2n) is 6.79. The number of thioether (sulfide) groups is 1. The summed E-state index contributed by atoms with van der Waals surface area (Å²) >= 11 is 1.38. The van der Waals surface area contributed by atoms with Gasteiger partial charge in [0.05, 0.1) is 4.91 Å². The Kier molecular flexibility index (Phi) is 5.45. The van der Waals surface area contributed by atoms with Crippen LogP contribution < -0.4 is 0 Å². The third-order valence-corrected chi connectivity index (χ3v) is 5.78.